The summed E-state index contributed by atoms with van der Waals surface area (Å²) in [6, 6.07) is 0. The molecule has 0 radical (unpaired) electrons. The first-order valence-electron chi connectivity index (χ1n) is 3.40. The molecule has 0 heterocycles. The van der Waals surface area contributed by atoms with E-state index < -0.39 is 0 Å². The van der Waals surface area contributed by atoms with Crippen LogP contribution in [0, 0.1) is 0 Å². The van der Waals surface area contributed by atoms with Crippen molar-refractivity contribution in [2.75, 3.05) is 0 Å². The second kappa shape index (κ2) is 4.86. The third-order valence-electron chi connectivity index (χ3n) is 1.04. The van der Waals surface area contributed by atoms with Gasteiger partial charge in [0.25, 0.3) is 0 Å². The maximum atomic E-state index is 5.43. The van der Waals surface area contributed by atoms with E-state index in [0.717, 1.165) is 5.70 Å². The lowest BCUT2D eigenvalue weighted by Crippen LogP contribution is -1.87. The summed E-state index contributed by atoms with van der Waals surface area (Å²) in [4.78, 5) is 0. The minimum atomic E-state index is 0.837. The van der Waals surface area contributed by atoms with Crippen LogP contribution in [0.2, 0.25) is 0 Å². The van der Waals surface area contributed by atoms with Crippen molar-refractivity contribution in [2.24, 2.45) is 5.73 Å². The lowest BCUT2D eigenvalue weighted by Gasteiger charge is -1.87. The summed E-state index contributed by atoms with van der Waals surface area (Å²) in [5, 5.41) is 0. The standard InChI is InChI=1S/C9H15N/c1-4-5-8(2)6-7-9(3)10/h4-7H,10H2,1-3H3/b5-4+,8-6-,9-7+. The SMILES string of the molecule is C/C=C/C(C)=C\C=C(/C)N. The van der Waals surface area contributed by atoms with Crippen molar-refractivity contribution in [2.45, 2.75) is 20.8 Å². The molecule has 0 fully saturated rings. The molecule has 0 aromatic heterocycles. The predicted molar refractivity (Wildman–Crippen MR) is 46.5 cm³/mol. The average molecular weight is 137 g/mol. The molecule has 0 aromatic rings. The lowest BCUT2D eigenvalue weighted by atomic mass is 10.2. The van der Waals surface area contributed by atoms with Gasteiger partial charge in [-0.1, -0.05) is 23.8 Å². The molecule has 0 saturated carbocycles. The molecular formula is C9H15N. The molecule has 0 bridgehead atoms. The first kappa shape index (κ1) is 9.02. The normalized spacial score (nSPS) is 14.7. The van der Waals surface area contributed by atoms with Crippen molar-refractivity contribution in [3.8, 4) is 0 Å². The molecule has 0 saturated heterocycles. The van der Waals surface area contributed by atoms with E-state index in [4.69, 9.17) is 5.73 Å². The Kier molecular flexibility index (Phi) is 4.38. The zero-order valence-corrected chi connectivity index (χ0v) is 6.89. The summed E-state index contributed by atoms with van der Waals surface area (Å²) in [6.07, 6.45) is 7.94. The van der Waals surface area contributed by atoms with Gasteiger partial charge in [0.2, 0.25) is 0 Å². The van der Waals surface area contributed by atoms with Crippen molar-refractivity contribution in [1.82, 2.24) is 0 Å². The number of hydrogen-bond donors (Lipinski definition) is 1. The fourth-order valence-corrected chi connectivity index (χ4v) is 0.581. The fraction of sp³-hybridized carbons (Fsp3) is 0.333. The molecule has 0 aromatic carbocycles. The Labute approximate surface area is 62.9 Å². The number of rotatable bonds is 2. The van der Waals surface area contributed by atoms with Crippen LogP contribution in [-0.2, 0) is 0 Å². The monoisotopic (exact) mass is 137 g/mol. The molecule has 0 aliphatic carbocycles. The van der Waals surface area contributed by atoms with Crippen LogP contribution in [0.4, 0.5) is 0 Å². The summed E-state index contributed by atoms with van der Waals surface area (Å²) in [6.45, 7) is 5.91. The van der Waals surface area contributed by atoms with Crippen molar-refractivity contribution < 1.29 is 0 Å². The molecule has 0 aliphatic rings. The smallest absolute Gasteiger partial charge is 0.00489 e. The summed E-state index contributed by atoms with van der Waals surface area (Å²) in [5.74, 6) is 0. The van der Waals surface area contributed by atoms with E-state index in [2.05, 4.69) is 0 Å². The summed E-state index contributed by atoms with van der Waals surface area (Å²) in [7, 11) is 0. The van der Waals surface area contributed by atoms with E-state index in [1.54, 1.807) is 0 Å². The van der Waals surface area contributed by atoms with Gasteiger partial charge in [-0.3, -0.25) is 0 Å². The van der Waals surface area contributed by atoms with E-state index in [0.29, 0.717) is 0 Å². The second-order valence-corrected chi connectivity index (χ2v) is 2.32. The summed E-state index contributed by atoms with van der Waals surface area (Å²) < 4.78 is 0. The molecule has 0 amide bonds. The maximum absolute atomic E-state index is 5.43. The molecule has 56 valence electrons. The quantitative estimate of drug-likeness (QED) is 0.581. The van der Waals surface area contributed by atoms with Gasteiger partial charge in [-0.05, 0) is 26.8 Å². The van der Waals surface area contributed by atoms with Crippen LogP contribution in [0.5, 0.6) is 0 Å². The van der Waals surface area contributed by atoms with Gasteiger partial charge >= 0.3 is 0 Å². The first-order valence-corrected chi connectivity index (χ1v) is 3.40. The Morgan fingerprint density at radius 3 is 2.20 bits per heavy atom. The third-order valence-corrected chi connectivity index (χ3v) is 1.04. The second-order valence-electron chi connectivity index (χ2n) is 2.32. The van der Waals surface area contributed by atoms with E-state index >= 15 is 0 Å². The van der Waals surface area contributed by atoms with E-state index in [9.17, 15) is 0 Å². The Morgan fingerprint density at radius 1 is 1.20 bits per heavy atom. The zero-order valence-electron chi connectivity index (χ0n) is 6.89. The topological polar surface area (TPSA) is 26.0 Å². The highest BCUT2D eigenvalue weighted by Gasteiger charge is 1.76. The molecule has 1 heteroatoms. The first-order chi connectivity index (χ1) is 4.66. The number of nitrogens with two attached hydrogens (primary N) is 1. The fourth-order valence-electron chi connectivity index (χ4n) is 0.581. The molecule has 0 unspecified atom stereocenters. The number of allylic oxidation sites excluding steroid dienone is 6. The van der Waals surface area contributed by atoms with Crippen LogP contribution in [0.25, 0.3) is 0 Å². The van der Waals surface area contributed by atoms with Gasteiger partial charge in [-0.15, -0.1) is 0 Å². The summed E-state index contributed by atoms with van der Waals surface area (Å²) in [5.41, 5.74) is 7.48. The van der Waals surface area contributed by atoms with Crippen LogP contribution in [-0.4, -0.2) is 0 Å². The van der Waals surface area contributed by atoms with Crippen LogP contribution in [0.3, 0.4) is 0 Å². The highest BCUT2D eigenvalue weighted by Crippen LogP contribution is 1.95. The molecule has 2 N–H and O–H groups in total. The Bertz CT molecular complexity index is 169. The van der Waals surface area contributed by atoms with Crippen molar-refractivity contribution >= 4 is 0 Å². The highest BCUT2D eigenvalue weighted by atomic mass is 14.5. The van der Waals surface area contributed by atoms with Crippen LogP contribution in [0.15, 0.2) is 35.6 Å². The molecule has 0 rings (SSSR count). The molecule has 0 atom stereocenters. The Morgan fingerprint density at radius 2 is 1.80 bits per heavy atom. The van der Waals surface area contributed by atoms with Crippen LogP contribution in [0.1, 0.15) is 20.8 Å². The van der Waals surface area contributed by atoms with Crippen molar-refractivity contribution in [1.29, 1.82) is 0 Å². The van der Waals surface area contributed by atoms with Crippen molar-refractivity contribution in [3.05, 3.63) is 35.6 Å². The van der Waals surface area contributed by atoms with Crippen LogP contribution >= 0.6 is 0 Å². The van der Waals surface area contributed by atoms with Gasteiger partial charge in [0, 0.05) is 5.70 Å². The molecule has 0 aliphatic heterocycles. The minimum absolute atomic E-state index is 0.837. The van der Waals surface area contributed by atoms with E-state index in [1.165, 1.54) is 5.57 Å². The third kappa shape index (κ3) is 5.16. The lowest BCUT2D eigenvalue weighted by molar-refractivity contribution is 1.31. The molecule has 0 spiro atoms. The zero-order chi connectivity index (χ0) is 7.98. The van der Waals surface area contributed by atoms with Gasteiger partial charge in [-0.25, -0.2) is 0 Å². The largest absolute Gasteiger partial charge is 0.402 e. The predicted octanol–water partition coefficient (Wildman–Crippen LogP) is 2.37. The van der Waals surface area contributed by atoms with E-state index in [-0.39, 0.29) is 0 Å². The molecule has 10 heavy (non-hydrogen) atoms. The van der Waals surface area contributed by atoms with E-state index in [1.807, 2.05) is 45.1 Å². The van der Waals surface area contributed by atoms with Crippen molar-refractivity contribution in [3.63, 3.8) is 0 Å². The maximum Gasteiger partial charge on any atom is 0.00489 e. The van der Waals surface area contributed by atoms with Gasteiger partial charge < -0.3 is 5.73 Å². The van der Waals surface area contributed by atoms with Gasteiger partial charge in [0.15, 0.2) is 0 Å². The minimum Gasteiger partial charge on any atom is -0.402 e. The summed E-state index contributed by atoms with van der Waals surface area (Å²) >= 11 is 0. The molecule has 1 nitrogen and oxygen atoms in total. The van der Waals surface area contributed by atoms with Gasteiger partial charge in [0.05, 0.1) is 0 Å². The van der Waals surface area contributed by atoms with Gasteiger partial charge in [-0.2, -0.15) is 0 Å². The molecular weight excluding hydrogens is 122 g/mol. The number of hydrogen-bond acceptors (Lipinski definition) is 1. The highest BCUT2D eigenvalue weighted by molar-refractivity contribution is 5.22. The Hall–Kier alpha value is -0.980. The Balaban J connectivity index is 4.05. The van der Waals surface area contributed by atoms with Gasteiger partial charge in [0.1, 0.15) is 0 Å². The average Bonchev–Trinajstić information content (AvgIpc) is 1.85. The van der Waals surface area contributed by atoms with Crippen LogP contribution < -0.4 is 5.73 Å².